The highest BCUT2D eigenvalue weighted by atomic mass is 19.1. The number of rotatable bonds is 8. The van der Waals surface area contributed by atoms with Crippen LogP contribution in [-0.2, 0) is 16.1 Å². The number of amides is 2. The van der Waals surface area contributed by atoms with E-state index in [0.29, 0.717) is 23.6 Å². The largest absolute Gasteiger partial charge is 0.439 e. The van der Waals surface area contributed by atoms with Crippen molar-refractivity contribution in [3.63, 3.8) is 0 Å². The van der Waals surface area contributed by atoms with Crippen LogP contribution in [0.2, 0.25) is 0 Å². The van der Waals surface area contributed by atoms with Gasteiger partial charge in [-0.1, -0.05) is 12.1 Å². The third-order valence-corrected chi connectivity index (χ3v) is 7.48. The summed E-state index contributed by atoms with van der Waals surface area (Å²) in [6, 6.07) is 9.33. The predicted octanol–water partition coefficient (Wildman–Crippen LogP) is 4.35. The van der Waals surface area contributed by atoms with E-state index in [0.717, 1.165) is 17.8 Å². The summed E-state index contributed by atoms with van der Waals surface area (Å²) in [6.07, 6.45) is 9.69. The van der Waals surface area contributed by atoms with Crippen molar-refractivity contribution >= 4 is 11.8 Å². The van der Waals surface area contributed by atoms with E-state index in [9.17, 15) is 14.0 Å². The number of carbonyl (C=O) groups is 2. The molecule has 4 aliphatic carbocycles. The Kier molecular flexibility index (Phi) is 6.04. The first-order chi connectivity index (χ1) is 16.0. The van der Waals surface area contributed by atoms with Crippen molar-refractivity contribution in [3.8, 4) is 11.6 Å². The number of ether oxygens (including phenoxy) is 1. The van der Waals surface area contributed by atoms with Crippen molar-refractivity contribution in [2.75, 3.05) is 6.54 Å². The van der Waals surface area contributed by atoms with E-state index in [-0.39, 0.29) is 30.3 Å². The van der Waals surface area contributed by atoms with Crippen LogP contribution in [-0.4, -0.2) is 23.3 Å². The number of nitrogens with zero attached hydrogens (tertiary/aromatic N) is 1. The highest BCUT2D eigenvalue weighted by molar-refractivity contribution is 5.85. The number of pyridine rings is 1. The second kappa shape index (κ2) is 9.12. The Hall–Kier alpha value is -2.96. The molecule has 0 radical (unpaired) electrons. The van der Waals surface area contributed by atoms with Crippen molar-refractivity contribution in [3.05, 3.63) is 54.0 Å². The van der Waals surface area contributed by atoms with Gasteiger partial charge in [0.05, 0.1) is 6.54 Å². The summed E-state index contributed by atoms with van der Waals surface area (Å²) < 4.78 is 19.1. The van der Waals surface area contributed by atoms with E-state index in [1.165, 1.54) is 50.7 Å². The first kappa shape index (κ1) is 21.9. The lowest BCUT2D eigenvalue weighted by atomic mass is 9.49. The summed E-state index contributed by atoms with van der Waals surface area (Å²) in [6.45, 7) is 0.147. The molecule has 1 heterocycles. The topological polar surface area (TPSA) is 80.3 Å². The summed E-state index contributed by atoms with van der Waals surface area (Å²) in [5, 5.41) is 5.62. The van der Waals surface area contributed by atoms with Crippen LogP contribution in [0, 0.1) is 29.0 Å². The molecule has 4 bridgehead atoms. The van der Waals surface area contributed by atoms with E-state index in [1.54, 1.807) is 30.5 Å². The molecule has 0 spiro atoms. The molecule has 2 amide bonds. The van der Waals surface area contributed by atoms with Gasteiger partial charge in [0, 0.05) is 30.8 Å². The van der Waals surface area contributed by atoms with Gasteiger partial charge in [-0.25, -0.2) is 9.37 Å². The maximum atomic E-state index is 13.4. The third-order valence-electron chi connectivity index (χ3n) is 7.48. The summed E-state index contributed by atoms with van der Waals surface area (Å²) in [5.74, 6) is 2.34. The number of benzene rings is 1. The fraction of sp³-hybridized carbons (Fsp3) is 0.500. The van der Waals surface area contributed by atoms with Crippen LogP contribution in [0.15, 0.2) is 42.6 Å². The maximum absolute atomic E-state index is 13.4. The Morgan fingerprint density at radius 3 is 2.42 bits per heavy atom. The van der Waals surface area contributed by atoms with Gasteiger partial charge in [0.2, 0.25) is 17.7 Å². The Morgan fingerprint density at radius 2 is 1.73 bits per heavy atom. The Balaban J connectivity index is 1.10. The molecule has 0 unspecified atom stereocenters. The number of aromatic nitrogens is 1. The van der Waals surface area contributed by atoms with Gasteiger partial charge in [-0.05, 0) is 79.9 Å². The van der Waals surface area contributed by atoms with Crippen molar-refractivity contribution in [1.29, 1.82) is 0 Å². The molecule has 6 rings (SSSR count). The third kappa shape index (κ3) is 5.18. The molecule has 4 saturated carbocycles. The standard InChI is InChI=1S/C26H30FN3O3/c27-21-4-1-5-22(10-21)33-25-20(3-2-6-28-25)15-29-24(32)16-30-23(31)14-26-11-17-7-18(12-26)9-19(8-17)13-26/h1-6,10,17-19H,7-9,11-16H2,(H,29,32)(H,30,31). The normalized spacial score (nSPS) is 27.2. The molecule has 2 aromatic rings. The van der Waals surface area contributed by atoms with Gasteiger partial charge in [-0.3, -0.25) is 9.59 Å². The molecule has 0 atom stereocenters. The average Bonchev–Trinajstić information content (AvgIpc) is 2.76. The molecule has 6 nitrogen and oxygen atoms in total. The number of hydrogen-bond acceptors (Lipinski definition) is 4. The quantitative estimate of drug-likeness (QED) is 0.625. The SMILES string of the molecule is O=C(CNC(=O)CC12CC3CC(CC(C3)C1)C2)NCc1cccnc1Oc1cccc(F)c1. The van der Waals surface area contributed by atoms with E-state index in [2.05, 4.69) is 15.6 Å². The van der Waals surface area contributed by atoms with Crippen LogP contribution in [0.5, 0.6) is 11.6 Å². The minimum atomic E-state index is -0.400. The molecule has 33 heavy (non-hydrogen) atoms. The van der Waals surface area contributed by atoms with E-state index < -0.39 is 5.82 Å². The minimum absolute atomic E-state index is 0.0244. The molecule has 4 aliphatic rings. The molecule has 174 valence electrons. The second-order valence-corrected chi connectivity index (χ2v) is 10.2. The summed E-state index contributed by atoms with van der Waals surface area (Å²) >= 11 is 0. The smallest absolute Gasteiger partial charge is 0.239 e. The van der Waals surface area contributed by atoms with E-state index in [4.69, 9.17) is 4.74 Å². The van der Waals surface area contributed by atoms with Crippen LogP contribution in [0.4, 0.5) is 4.39 Å². The van der Waals surface area contributed by atoms with Crippen molar-refractivity contribution in [2.45, 2.75) is 51.5 Å². The Bertz CT molecular complexity index is 1010. The van der Waals surface area contributed by atoms with Crippen molar-refractivity contribution in [2.24, 2.45) is 23.2 Å². The van der Waals surface area contributed by atoms with Gasteiger partial charge >= 0.3 is 0 Å². The molecule has 1 aromatic heterocycles. The lowest BCUT2D eigenvalue weighted by Crippen LogP contribution is -2.48. The molecule has 7 heteroatoms. The number of carbonyl (C=O) groups excluding carboxylic acids is 2. The minimum Gasteiger partial charge on any atom is -0.439 e. The van der Waals surface area contributed by atoms with Crippen LogP contribution in [0.25, 0.3) is 0 Å². The zero-order chi connectivity index (χ0) is 22.8. The number of halogens is 1. The molecular formula is C26H30FN3O3. The molecular weight excluding hydrogens is 421 g/mol. The van der Waals surface area contributed by atoms with Gasteiger partial charge in [0.15, 0.2) is 0 Å². The first-order valence-electron chi connectivity index (χ1n) is 11.9. The Labute approximate surface area is 193 Å². The van der Waals surface area contributed by atoms with Gasteiger partial charge in [-0.2, -0.15) is 0 Å². The number of hydrogen-bond donors (Lipinski definition) is 2. The maximum Gasteiger partial charge on any atom is 0.239 e. The second-order valence-electron chi connectivity index (χ2n) is 10.2. The molecule has 4 fully saturated rings. The average molecular weight is 452 g/mol. The highest BCUT2D eigenvalue weighted by Gasteiger charge is 2.51. The molecule has 0 aliphatic heterocycles. The van der Waals surface area contributed by atoms with Crippen molar-refractivity contribution < 1.29 is 18.7 Å². The molecule has 2 N–H and O–H groups in total. The Morgan fingerprint density at radius 1 is 1.00 bits per heavy atom. The van der Waals surface area contributed by atoms with Gasteiger partial charge in [0.25, 0.3) is 0 Å². The van der Waals surface area contributed by atoms with Crippen LogP contribution >= 0.6 is 0 Å². The molecule has 1 aromatic carbocycles. The van der Waals surface area contributed by atoms with Gasteiger partial charge in [-0.15, -0.1) is 0 Å². The van der Waals surface area contributed by atoms with Gasteiger partial charge < -0.3 is 15.4 Å². The van der Waals surface area contributed by atoms with Crippen LogP contribution < -0.4 is 15.4 Å². The summed E-state index contributed by atoms with van der Waals surface area (Å²) in [7, 11) is 0. The first-order valence-corrected chi connectivity index (χ1v) is 11.9. The summed E-state index contributed by atoms with van der Waals surface area (Å²) in [5.41, 5.74) is 0.823. The number of nitrogens with one attached hydrogen (secondary N) is 2. The van der Waals surface area contributed by atoms with Gasteiger partial charge in [0.1, 0.15) is 11.6 Å². The van der Waals surface area contributed by atoms with Crippen molar-refractivity contribution in [1.82, 2.24) is 15.6 Å². The van der Waals surface area contributed by atoms with Crippen LogP contribution in [0.1, 0.15) is 50.5 Å². The predicted molar refractivity (Wildman–Crippen MR) is 121 cm³/mol. The van der Waals surface area contributed by atoms with E-state index in [1.807, 2.05) is 0 Å². The monoisotopic (exact) mass is 451 g/mol. The lowest BCUT2D eigenvalue weighted by Gasteiger charge is -2.56. The highest BCUT2D eigenvalue weighted by Crippen LogP contribution is 2.61. The fourth-order valence-corrected chi connectivity index (χ4v) is 6.64. The van der Waals surface area contributed by atoms with E-state index >= 15 is 0 Å². The fourth-order valence-electron chi connectivity index (χ4n) is 6.64. The summed E-state index contributed by atoms with van der Waals surface area (Å²) in [4.78, 5) is 29.2. The molecule has 0 saturated heterocycles. The van der Waals surface area contributed by atoms with Crippen LogP contribution in [0.3, 0.4) is 0 Å². The zero-order valence-electron chi connectivity index (χ0n) is 18.7. The lowest BCUT2D eigenvalue weighted by molar-refractivity contribution is -0.131. The zero-order valence-corrected chi connectivity index (χ0v) is 18.7.